The van der Waals surface area contributed by atoms with Gasteiger partial charge in [0.1, 0.15) is 10.5 Å². The van der Waals surface area contributed by atoms with Gasteiger partial charge in [0, 0.05) is 7.05 Å². The summed E-state index contributed by atoms with van der Waals surface area (Å²) < 4.78 is 25.3. The van der Waals surface area contributed by atoms with E-state index >= 15 is 0 Å². The number of H-pyrrole nitrogens is 1. The summed E-state index contributed by atoms with van der Waals surface area (Å²) in [6.45, 7) is 0.882. The maximum Gasteiger partial charge on any atom is 0.323 e. The van der Waals surface area contributed by atoms with Crippen molar-refractivity contribution in [3.63, 3.8) is 0 Å². The molecule has 0 aliphatic carbocycles. The Morgan fingerprint density at radius 2 is 2.24 bits per heavy atom. The molecular formula is C11H13N3O5S2. The topological polar surface area (TPSA) is 120 Å². The van der Waals surface area contributed by atoms with Gasteiger partial charge in [0.15, 0.2) is 5.25 Å². The Hall–Kier alpha value is -1.78. The van der Waals surface area contributed by atoms with E-state index in [1.165, 1.54) is 18.4 Å². The smallest absolute Gasteiger partial charge is 0.323 e. The van der Waals surface area contributed by atoms with Crippen LogP contribution in [0.4, 0.5) is 0 Å². The number of sulfonamides is 1. The zero-order valence-corrected chi connectivity index (χ0v) is 12.9. The quantitative estimate of drug-likeness (QED) is 0.808. The van der Waals surface area contributed by atoms with Crippen LogP contribution in [-0.4, -0.2) is 46.1 Å². The summed E-state index contributed by atoms with van der Waals surface area (Å²) in [4.78, 5) is 29.3. The Bertz CT molecular complexity index is 839. The largest absolute Gasteiger partial charge is 0.480 e. The molecule has 0 saturated heterocycles. The molecule has 0 fully saturated rings. The second kappa shape index (κ2) is 5.54. The minimum atomic E-state index is -4.01. The molecule has 0 aliphatic rings. The number of fused-ring (bicyclic) bond motifs is 1. The number of aromatic amines is 1. The highest BCUT2D eigenvalue weighted by Gasteiger charge is 2.32. The van der Waals surface area contributed by atoms with Crippen molar-refractivity contribution < 1.29 is 18.3 Å². The van der Waals surface area contributed by atoms with Gasteiger partial charge >= 0.3 is 5.97 Å². The normalized spacial score (nSPS) is 13.7. The summed E-state index contributed by atoms with van der Waals surface area (Å²) in [5.74, 6) is -1.27. The number of carbonyl (C=O) groups is 1. The third-order valence-corrected chi connectivity index (χ3v) is 5.96. The van der Waals surface area contributed by atoms with Crippen LogP contribution >= 0.6 is 11.3 Å². The average molecular weight is 331 g/mol. The van der Waals surface area contributed by atoms with Crippen molar-refractivity contribution in [1.82, 2.24) is 14.3 Å². The number of nitrogens with zero attached hydrogens (tertiary/aromatic N) is 2. The third-order valence-electron chi connectivity index (χ3n) is 2.97. The van der Waals surface area contributed by atoms with Gasteiger partial charge in [-0.15, -0.1) is 11.3 Å². The zero-order chi connectivity index (χ0) is 15.8. The van der Waals surface area contributed by atoms with Crippen molar-refractivity contribution in [2.75, 3.05) is 7.05 Å². The molecule has 8 nitrogen and oxygen atoms in total. The Labute approximate surface area is 124 Å². The van der Waals surface area contributed by atoms with E-state index in [1.807, 2.05) is 0 Å². The molecule has 1 unspecified atom stereocenters. The number of nitrogens with one attached hydrogen (secondary N) is 1. The van der Waals surface area contributed by atoms with Gasteiger partial charge in [-0.25, -0.2) is 13.4 Å². The van der Waals surface area contributed by atoms with Crippen LogP contribution in [0.25, 0.3) is 10.2 Å². The molecule has 2 aromatic heterocycles. The van der Waals surface area contributed by atoms with E-state index in [-0.39, 0.29) is 17.9 Å². The summed E-state index contributed by atoms with van der Waals surface area (Å²) >= 11 is 1.24. The van der Waals surface area contributed by atoms with Crippen molar-refractivity contribution in [2.45, 2.75) is 18.7 Å². The zero-order valence-electron chi connectivity index (χ0n) is 11.2. The number of aromatic nitrogens is 2. The van der Waals surface area contributed by atoms with Crippen LogP contribution in [-0.2, 0) is 21.4 Å². The SMILES string of the molecule is CC(C(=O)O)S(=O)(=O)N(C)Cc1nc2ccsc2c(=O)[nH]1. The van der Waals surface area contributed by atoms with Gasteiger partial charge in [0.25, 0.3) is 5.56 Å². The monoisotopic (exact) mass is 331 g/mol. The van der Waals surface area contributed by atoms with E-state index in [2.05, 4.69) is 9.97 Å². The van der Waals surface area contributed by atoms with Crippen LogP contribution in [0.3, 0.4) is 0 Å². The van der Waals surface area contributed by atoms with Crippen molar-refractivity contribution >= 4 is 37.5 Å². The summed E-state index contributed by atoms with van der Waals surface area (Å²) in [6.07, 6.45) is 0. The van der Waals surface area contributed by atoms with E-state index in [0.29, 0.717) is 10.2 Å². The van der Waals surface area contributed by atoms with Gasteiger partial charge < -0.3 is 10.1 Å². The first-order valence-corrected chi connectivity index (χ1v) is 8.26. The number of hydrogen-bond donors (Lipinski definition) is 2. The van der Waals surface area contributed by atoms with Crippen LogP contribution in [0.5, 0.6) is 0 Å². The molecule has 0 aliphatic heterocycles. The molecule has 0 amide bonds. The van der Waals surface area contributed by atoms with Crippen molar-refractivity contribution in [2.24, 2.45) is 0 Å². The van der Waals surface area contributed by atoms with Crippen LogP contribution in [0.15, 0.2) is 16.2 Å². The first-order valence-electron chi connectivity index (χ1n) is 5.88. The molecule has 21 heavy (non-hydrogen) atoms. The fourth-order valence-electron chi connectivity index (χ4n) is 1.69. The van der Waals surface area contributed by atoms with Gasteiger partial charge in [-0.3, -0.25) is 9.59 Å². The molecule has 0 radical (unpaired) electrons. The van der Waals surface area contributed by atoms with Gasteiger partial charge in [0.2, 0.25) is 10.0 Å². The molecule has 114 valence electrons. The van der Waals surface area contributed by atoms with Crippen LogP contribution < -0.4 is 5.56 Å². The van der Waals surface area contributed by atoms with Crippen LogP contribution in [0.2, 0.25) is 0 Å². The minimum Gasteiger partial charge on any atom is -0.480 e. The third kappa shape index (κ3) is 2.96. The predicted octanol–water partition coefficient (Wildman–Crippen LogP) is 0.219. The van der Waals surface area contributed by atoms with E-state index in [4.69, 9.17) is 5.11 Å². The predicted molar refractivity (Wildman–Crippen MR) is 77.7 cm³/mol. The molecule has 2 heterocycles. The maximum absolute atomic E-state index is 12.0. The Balaban J connectivity index is 2.31. The Morgan fingerprint density at radius 1 is 1.57 bits per heavy atom. The fourth-order valence-corrected chi connectivity index (χ4v) is 3.52. The molecule has 0 bridgehead atoms. The summed E-state index contributed by atoms with van der Waals surface area (Å²) in [6, 6.07) is 1.66. The number of carboxylic acid groups (broad SMARTS) is 1. The lowest BCUT2D eigenvalue weighted by atomic mass is 10.4. The Morgan fingerprint density at radius 3 is 2.86 bits per heavy atom. The highest BCUT2D eigenvalue weighted by atomic mass is 32.2. The van der Waals surface area contributed by atoms with Gasteiger partial charge in [-0.2, -0.15) is 4.31 Å². The van der Waals surface area contributed by atoms with E-state index < -0.39 is 21.2 Å². The van der Waals surface area contributed by atoms with E-state index in [9.17, 15) is 18.0 Å². The molecule has 0 aromatic carbocycles. The lowest BCUT2D eigenvalue weighted by Crippen LogP contribution is -2.39. The van der Waals surface area contributed by atoms with E-state index in [1.54, 1.807) is 11.4 Å². The molecule has 10 heteroatoms. The van der Waals surface area contributed by atoms with Crippen molar-refractivity contribution in [3.05, 3.63) is 27.6 Å². The van der Waals surface area contributed by atoms with Gasteiger partial charge in [0.05, 0.1) is 12.1 Å². The van der Waals surface area contributed by atoms with Crippen molar-refractivity contribution in [3.8, 4) is 0 Å². The summed E-state index contributed by atoms with van der Waals surface area (Å²) in [5, 5.41) is 8.95. The lowest BCUT2D eigenvalue weighted by molar-refractivity contribution is -0.136. The van der Waals surface area contributed by atoms with Crippen molar-refractivity contribution in [1.29, 1.82) is 0 Å². The number of rotatable bonds is 5. The first kappa shape index (κ1) is 15.6. The molecule has 0 spiro atoms. The Kier molecular flexibility index (Phi) is 4.12. The molecular weight excluding hydrogens is 318 g/mol. The minimum absolute atomic E-state index is 0.162. The van der Waals surface area contributed by atoms with E-state index in [0.717, 1.165) is 11.2 Å². The van der Waals surface area contributed by atoms with Gasteiger partial charge in [-0.05, 0) is 18.4 Å². The average Bonchev–Trinajstić information content (AvgIpc) is 2.86. The second-order valence-electron chi connectivity index (χ2n) is 4.43. The van der Waals surface area contributed by atoms with Crippen LogP contribution in [0, 0.1) is 0 Å². The molecule has 2 N–H and O–H groups in total. The fraction of sp³-hybridized carbons (Fsp3) is 0.364. The molecule has 0 saturated carbocycles. The summed E-state index contributed by atoms with van der Waals surface area (Å²) in [7, 11) is -2.77. The highest BCUT2D eigenvalue weighted by Crippen LogP contribution is 2.15. The first-order chi connectivity index (χ1) is 9.73. The molecule has 1 atom stereocenters. The number of thiophene rings is 1. The number of hydrogen-bond acceptors (Lipinski definition) is 6. The second-order valence-corrected chi connectivity index (χ2v) is 7.71. The van der Waals surface area contributed by atoms with Gasteiger partial charge in [-0.1, -0.05) is 0 Å². The molecule has 2 aromatic rings. The highest BCUT2D eigenvalue weighted by molar-refractivity contribution is 7.90. The summed E-state index contributed by atoms with van der Waals surface area (Å²) in [5.41, 5.74) is 0.137. The number of aliphatic carboxylic acids is 1. The maximum atomic E-state index is 12.0. The standard InChI is InChI=1S/C11H13N3O5S2/c1-6(11(16)17)21(18,19)14(2)5-8-12-7-3-4-20-9(7)10(15)13-8/h3-4,6H,5H2,1-2H3,(H,16,17)(H,12,13,15). The van der Waals surface area contributed by atoms with Crippen LogP contribution in [0.1, 0.15) is 12.7 Å². The lowest BCUT2D eigenvalue weighted by Gasteiger charge is -2.19. The molecule has 2 rings (SSSR count). The number of carboxylic acids is 1.